The molecule has 5 nitrogen and oxygen atoms in total. The van der Waals surface area contributed by atoms with E-state index in [-0.39, 0.29) is 19.2 Å². The van der Waals surface area contributed by atoms with Gasteiger partial charge in [-0.25, -0.2) is 4.79 Å². The molecule has 0 saturated heterocycles. The highest BCUT2D eigenvalue weighted by Crippen LogP contribution is 2.23. The maximum Gasteiger partial charge on any atom is 0.410 e. The fourth-order valence-electron chi connectivity index (χ4n) is 1.91. The van der Waals surface area contributed by atoms with E-state index < -0.39 is 12.1 Å². The molecular formula is C10H17NO4. The maximum absolute atomic E-state index is 11.5. The van der Waals surface area contributed by atoms with Gasteiger partial charge in [0.15, 0.2) is 0 Å². The van der Waals surface area contributed by atoms with Crippen LogP contribution in [0, 0.1) is 0 Å². The highest BCUT2D eigenvalue weighted by atomic mass is 16.6. The Morgan fingerprint density at radius 3 is 2.47 bits per heavy atom. The number of aliphatic carboxylic acids is 1. The largest absolute Gasteiger partial charge is 0.480 e. The Morgan fingerprint density at radius 1 is 1.40 bits per heavy atom. The highest BCUT2D eigenvalue weighted by Gasteiger charge is 2.29. The van der Waals surface area contributed by atoms with Gasteiger partial charge in [0.25, 0.3) is 0 Å². The molecule has 0 spiro atoms. The third-order valence-electron chi connectivity index (χ3n) is 2.57. The first kappa shape index (κ1) is 11.8. The summed E-state index contributed by atoms with van der Waals surface area (Å²) in [6.07, 6.45) is 3.37. The first-order chi connectivity index (χ1) is 7.15. The van der Waals surface area contributed by atoms with Crippen molar-refractivity contribution >= 4 is 12.1 Å². The monoisotopic (exact) mass is 215 g/mol. The van der Waals surface area contributed by atoms with Crippen molar-refractivity contribution < 1.29 is 19.4 Å². The molecule has 1 amide bonds. The van der Waals surface area contributed by atoms with E-state index in [9.17, 15) is 9.59 Å². The maximum atomic E-state index is 11.5. The Labute approximate surface area is 89.0 Å². The van der Waals surface area contributed by atoms with Gasteiger partial charge < -0.3 is 9.84 Å². The molecule has 1 fully saturated rings. The Hall–Kier alpha value is -1.26. The minimum Gasteiger partial charge on any atom is -0.480 e. The lowest BCUT2D eigenvalue weighted by molar-refractivity contribution is -0.138. The number of carboxylic acid groups (broad SMARTS) is 1. The minimum atomic E-state index is -0.991. The summed E-state index contributed by atoms with van der Waals surface area (Å²) in [5.74, 6) is -0.991. The third kappa shape index (κ3) is 3.42. The fourth-order valence-corrected chi connectivity index (χ4v) is 1.91. The molecule has 5 heteroatoms. The van der Waals surface area contributed by atoms with Crippen LogP contribution in [0.2, 0.25) is 0 Å². The van der Waals surface area contributed by atoms with Gasteiger partial charge in [0.05, 0.1) is 6.61 Å². The van der Waals surface area contributed by atoms with Gasteiger partial charge in [-0.3, -0.25) is 9.69 Å². The second-order valence-corrected chi connectivity index (χ2v) is 3.66. The number of carboxylic acids is 1. The van der Waals surface area contributed by atoms with Gasteiger partial charge in [-0.05, 0) is 19.8 Å². The lowest BCUT2D eigenvalue weighted by atomic mass is 10.2. The van der Waals surface area contributed by atoms with E-state index in [0.29, 0.717) is 0 Å². The zero-order valence-electron chi connectivity index (χ0n) is 8.94. The summed E-state index contributed by atoms with van der Waals surface area (Å²) in [6.45, 7) is 1.73. The molecule has 0 radical (unpaired) electrons. The van der Waals surface area contributed by atoms with Crippen LogP contribution in [-0.4, -0.2) is 41.3 Å². The quantitative estimate of drug-likeness (QED) is 0.771. The molecule has 0 aromatic rings. The number of ether oxygens (including phenoxy) is 1. The average Bonchev–Trinajstić information content (AvgIpc) is 2.66. The van der Waals surface area contributed by atoms with Crippen LogP contribution in [-0.2, 0) is 9.53 Å². The molecular weight excluding hydrogens is 198 g/mol. The number of hydrogen-bond acceptors (Lipinski definition) is 3. The van der Waals surface area contributed by atoms with Crippen molar-refractivity contribution in [1.29, 1.82) is 0 Å². The van der Waals surface area contributed by atoms with E-state index in [0.717, 1.165) is 25.7 Å². The van der Waals surface area contributed by atoms with E-state index in [2.05, 4.69) is 0 Å². The zero-order valence-corrected chi connectivity index (χ0v) is 8.94. The van der Waals surface area contributed by atoms with Crippen LogP contribution >= 0.6 is 0 Å². The van der Waals surface area contributed by atoms with Gasteiger partial charge >= 0.3 is 12.1 Å². The van der Waals surface area contributed by atoms with E-state index in [1.54, 1.807) is 6.92 Å². The van der Waals surface area contributed by atoms with Gasteiger partial charge in [-0.2, -0.15) is 0 Å². The number of amides is 1. The number of rotatable bonds is 4. The molecule has 1 saturated carbocycles. The van der Waals surface area contributed by atoms with Crippen LogP contribution in [0.1, 0.15) is 32.6 Å². The SMILES string of the molecule is CCOC(=O)N(CC(=O)O)C1CCCC1. The smallest absolute Gasteiger partial charge is 0.410 e. The summed E-state index contributed by atoms with van der Waals surface area (Å²) in [7, 11) is 0. The summed E-state index contributed by atoms with van der Waals surface area (Å²) in [5, 5.41) is 8.71. The van der Waals surface area contributed by atoms with Crippen molar-refractivity contribution in [2.75, 3.05) is 13.2 Å². The van der Waals surface area contributed by atoms with Crippen molar-refractivity contribution in [3.05, 3.63) is 0 Å². The second-order valence-electron chi connectivity index (χ2n) is 3.66. The van der Waals surface area contributed by atoms with E-state index >= 15 is 0 Å². The molecule has 1 rings (SSSR count). The first-order valence-corrected chi connectivity index (χ1v) is 5.30. The number of nitrogens with zero attached hydrogens (tertiary/aromatic N) is 1. The van der Waals surface area contributed by atoms with E-state index in [4.69, 9.17) is 9.84 Å². The molecule has 0 unspecified atom stereocenters. The van der Waals surface area contributed by atoms with Crippen molar-refractivity contribution in [3.63, 3.8) is 0 Å². The normalized spacial score (nSPS) is 16.3. The Bertz CT molecular complexity index is 236. The van der Waals surface area contributed by atoms with E-state index in [1.165, 1.54) is 4.90 Å². The molecule has 0 bridgehead atoms. The standard InChI is InChI=1S/C10H17NO4/c1-2-15-10(14)11(7-9(12)13)8-5-3-4-6-8/h8H,2-7H2,1H3,(H,12,13). The predicted octanol–water partition coefficient (Wildman–Crippen LogP) is 1.47. The van der Waals surface area contributed by atoms with Crippen LogP contribution in [0.5, 0.6) is 0 Å². The average molecular weight is 215 g/mol. The fraction of sp³-hybridized carbons (Fsp3) is 0.800. The van der Waals surface area contributed by atoms with Crippen molar-refractivity contribution in [2.45, 2.75) is 38.6 Å². The third-order valence-corrected chi connectivity index (χ3v) is 2.57. The molecule has 0 heterocycles. The molecule has 1 aliphatic rings. The van der Waals surface area contributed by atoms with Crippen LogP contribution in [0.25, 0.3) is 0 Å². The van der Waals surface area contributed by atoms with Gasteiger partial charge in [-0.1, -0.05) is 12.8 Å². The molecule has 86 valence electrons. The second kappa shape index (κ2) is 5.58. The first-order valence-electron chi connectivity index (χ1n) is 5.30. The Balaban J connectivity index is 2.58. The number of hydrogen-bond donors (Lipinski definition) is 1. The highest BCUT2D eigenvalue weighted by molar-refractivity contribution is 5.77. The molecule has 1 N–H and O–H groups in total. The van der Waals surface area contributed by atoms with Crippen molar-refractivity contribution in [2.24, 2.45) is 0 Å². The van der Waals surface area contributed by atoms with Crippen LogP contribution < -0.4 is 0 Å². The van der Waals surface area contributed by atoms with E-state index in [1.807, 2.05) is 0 Å². The summed E-state index contributed by atoms with van der Waals surface area (Å²) < 4.78 is 4.84. The topological polar surface area (TPSA) is 66.8 Å². The molecule has 0 aromatic carbocycles. The Morgan fingerprint density at radius 2 is 2.00 bits per heavy atom. The summed E-state index contributed by atoms with van der Waals surface area (Å²) in [6, 6.07) is 0.0418. The van der Waals surface area contributed by atoms with Crippen LogP contribution in [0.3, 0.4) is 0 Å². The van der Waals surface area contributed by atoms with Crippen LogP contribution in [0.4, 0.5) is 4.79 Å². The Kier molecular flexibility index (Phi) is 4.39. The van der Waals surface area contributed by atoms with Gasteiger partial charge in [0, 0.05) is 6.04 Å². The number of carbonyl (C=O) groups excluding carboxylic acids is 1. The van der Waals surface area contributed by atoms with Gasteiger partial charge in [0.1, 0.15) is 6.54 Å². The van der Waals surface area contributed by atoms with Crippen LogP contribution in [0.15, 0.2) is 0 Å². The summed E-state index contributed by atoms with van der Waals surface area (Å²) in [4.78, 5) is 23.5. The minimum absolute atomic E-state index is 0.0418. The summed E-state index contributed by atoms with van der Waals surface area (Å²) >= 11 is 0. The molecule has 15 heavy (non-hydrogen) atoms. The van der Waals surface area contributed by atoms with Crippen molar-refractivity contribution in [3.8, 4) is 0 Å². The zero-order chi connectivity index (χ0) is 11.3. The molecule has 0 aromatic heterocycles. The molecule has 1 aliphatic carbocycles. The van der Waals surface area contributed by atoms with Crippen molar-refractivity contribution in [1.82, 2.24) is 4.90 Å². The summed E-state index contributed by atoms with van der Waals surface area (Å²) in [5.41, 5.74) is 0. The lowest BCUT2D eigenvalue weighted by Crippen LogP contribution is -2.42. The van der Waals surface area contributed by atoms with Gasteiger partial charge in [-0.15, -0.1) is 0 Å². The molecule has 0 atom stereocenters. The number of carbonyl (C=O) groups is 2. The molecule has 0 aliphatic heterocycles. The van der Waals surface area contributed by atoms with Gasteiger partial charge in [0.2, 0.25) is 0 Å². The predicted molar refractivity (Wildman–Crippen MR) is 53.6 cm³/mol. The lowest BCUT2D eigenvalue weighted by Gasteiger charge is -2.26.